The fourth-order valence-corrected chi connectivity index (χ4v) is 2.65. The lowest BCUT2D eigenvalue weighted by molar-refractivity contribution is 0.100. The number of benzene rings is 1. The van der Waals surface area contributed by atoms with E-state index < -0.39 is 0 Å². The molecule has 0 spiro atoms. The van der Waals surface area contributed by atoms with Crippen LogP contribution >= 0.6 is 22.9 Å². The molecule has 1 aromatic heterocycles. The minimum Gasteiger partial charge on any atom is -0.366 e. The summed E-state index contributed by atoms with van der Waals surface area (Å²) < 4.78 is 1.99. The first-order chi connectivity index (χ1) is 7.04. The Balaban J connectivity index is 2.98. The van der Waals surface area contributed by atoms with Gasteiger partial charge in [-0.25, -0.2) is 0 Å². The van der Waals surface area contributed by atoms with Crippen molar-refractivity contribution in [2.75, 3.05) is 0 Å². The maximum absolute atomic E-state index is 11.3. The lowest BCUT2D eigenvalue weighted by Crippen LogP contribution is -2.11. The lowest BCUT2D eigenvalue weighted by Gasteiger charge is -2.01. The maximum atomic E-state index is 11.3. The Morgan fingerprint density at radius 1 is 1.40 bits per heavy atom. The Hall–Kier alpha value is -1.04. The number of amides is 1. The normalized spacial score (nSPS) is 10.9. The summed E-state index contributed by atoms with van der Waals surface area (Å²) in [6.07, 6.45) is 0. The number of nitrogens with zero attached hydrogens (tertiary/aromatic N) is 1. The van der Waals surface area contributed by atoms with Crippen molar-refractivity contribution in [2.24, 2.45) is 5.73 Å². The van der Waals surface area contributed by atoms with E-state index in [0.29, 0.717) is 5.56 Å². The number of aromatic nitrogens is 1. The number of aryl methyl sites for hydroxylation is 1. The summed E-state index contributed by atoms with van der Waals surface area (Å²) >= 11 is 2.19. The van der Waals surface area contributed by atoms with Crippen LogP contribution in [0.1, 0.15) is 21.6 Å². The van der Waals surface area contributed by atoms with E-state index in [2.05, 4.69) is 29.8 Å². The number of primary amides is 1. The van der Waals surface area contributed by atoms with Crippen LogP contribution in [-0.2, 0) is 0 Å². The molecule has 0 aliphatic heterocycles. The molecule has 0 radical (unpaired) electrons. The van der Waals surface area contributed by atoms with Gasteiger partial charge in [0.25, 0.3) is 5.91 Å². The second kappa shape index (κ2) is 3.52. The summed E-state index contributed by atoms with van der Waals surface area (Å²) in [5.74, 6) is -0.379. The summed E-state index contributed by atoms with van der Waals surface area (Å²) in [7, 11) is 0. The number of fused-ring (bicyclic) bond motifs is 1. The first-order valence-corrected chi connectivity index (χ1v) is 5.57. The van der Waals surface area contributed by atoms with Crippen molar-refractivity contribution in [1.29, 1.82) is 0 Å². The van der Waals surface area contributed by atoms with E-state index in [1.807, 2.05) is 21.8 Å². The predicted octanol–water partition coefficient (Wildman–Crippen LogP) is 2.56. The minimum atomic E-state index is -0.379. The van der Waals surface area contributed by atoms with Crippen molar-refractivity contribution in [1.82, 2.24) is 2.78 Å². The van der Waals surface area contributed by atoms with Crippen molar-refractivity contribution in [3.8, 4) is 0 Å². The summed E-state index contributed by atoms with van der Waals surface area (Å²) in [6, 6.07) is 5.64. The first kappa shape index (κ1) is 10.5. The smallest absolute Gasteiger partial charge is 0.250 e. The molecule has 15 heavy (non-hydrogen) atoms. The average Bonchev–Trinajstić information content (AvgIpc) is 2.44. The molecule has 0 aliphatic rings. The van der Waals surface area contributed by atoms with E-state index in [1.54, 1.807) is 6.07 Å². The van der Waals surface area contributed by atoms with E-state index >= 15 is 0 Å². The molecule has 4 heteroatoms. The Morgan fingerprint density at radius 3 is 2.67 bits per heavy atom. The summed E-state index contributed by atoms with van der Waals surface area (Å²) in [5.41, 5.74) is 9.20. The van der Waals surface area contributed by atoms with Gasteiger partial charge in [0.2, 0.25) is 0 Å². The number of hydrogen-bond acceptors (Lipinski definition) is 1. The van der Waals surface area contributed by atoms with E-state index in [9.17, 15) is 4.79 Å². The highest BCUT2D eigenvalue weighted by molar-refractivity contribution is 14.1. The number of carbonyl (C=O) groups excluding carboxylic acids is 1. The number of rotatable bonds is 1. The number of para-hydroxylation sites is 1. The molecule has 2 N–H and O–H groups in total. The van der Waals surface area contributed by atoms with Crippen LogP contribution < -0.4 is 5.73 Å². The van der Waals surface area contributed by atoms with E-state index in [1.165, 1.54) is 5.56 Å². The van der Waals surface area contributed by atoms with Gasteiger partial charge < -0.3 is 5.73 Å². The molecule has 0 unspecified atom stereocenters. The van der Waals surface area contributed by atoms with Crippen molar-refractivity contribution >= 4 is 39.7 Å². The largest absolute Gasteiger partial charge is 0.366 e. The van der Waals surface area contributed by atoms with Crippen LogP contribution in [0.4, 0.5) is 0 Å². The molecule has 3 nitrogen and oxygen atoms in total. The van der Waals surface area contributed by atoms with Crippen LogP contribution in [0.2, 0.25) is 0 Å². The predicted molar refractivity (Wildman–Crippen MR) is 69.3 cm³/mol. The third kappa shape index (κ3) is 1.43. The summed E-state index contributed by atoms with van der Waals surface area (Å²) in [4.78, 5) is 11.3. The van der Waals surface area contributed by atoms with Gasteiger partial charge in [-0.2, -0.15) is 0 Å². The molecule has 0 aliphatic carbocycles. The monoisotopic (exact) mass is 314 g/mol. The first-order valence-electron chi connectivity index (χ1n) is 4.60. The van der Waals surface area contributed by atoms with Crippen LogP contribution in [0.15, 0.2) is 18.2 Å². The van der Waals surface area contributed by atoms with Gasteiger partial charge in [-0.3, -0.25) is 7.58 Å². The Morgan fingerprint density at radius 2 is 2.07 bits per heavy atom. The highest BCUT2D eigenvalue weighted by Crippen LogP contribution is 2.29. The van der Waals surface area contributed by atoms with Crippen LogP contribution in [0.3, 0.4) is 0 Å². The maximum Gasteiger partial charge on any atom is 0.250 e. The molecule has 0 fully saturated rings. The van der Waals surface area contributed by atoms with Crippen molar-refractivity contribution in [3.05, 3.63) is 35.0 Å². The van der Waals surface area contributed by atoms with Gasteiger partial charge in [0.15, 0.2) is 0 Å². The standard InChI is InChI=1S/C11H11IN2O/c1-6-7(2)14(12)10-8(6)4-3-5-9(10)11(13)15/h3-5H,1-2H3,(H2,13,15). The van der Waals surface area contributed by atoms with Crippen molar-refractivity contribution in [2.45, 2.75) is 13.8 Å². The summed E-state index contributed by atoms with van der Waals surface area (Å²) in [6.45, 7) is 4.09. The van der Waals surface area contributed by atoms with Gasteiger partial charge in [-0.15, -0.1) is 0 Å². The van der Waals surface area contributed by atoms with E-state index in [4.69, 9.17) is 5.73 Å². The third-order valence-electron chi connectivity index (χ3n) is 2.74. The Bertz CT molecular complexity index is 557. The molecule has 1 heterocycles. The fraction of sp³-hybridized carbons (Fsp3) is 0.182. The zero-order chi connectivity index (χ0) is 11.2. The van der Waals surface area contributed by atoms with Crippen LogP contribution in [0.5, 0.6) is 0 Å². The number of halogens is 1. The SMILES string of the molecule is Cc1c(C)n(I)c2c(C(N)=O)cccc12. The van der Waals surface area contributed by atoms with E-state index in [0.717, 1.165) is 16.6 Å². The van der Waals surface area contributed by atoms with Gasteiger partial charge in [-0.05, 0) is 25.5 Å². The molecule has 78 valence electrons. The zero-order valence-corrected chi connectivity index (χ0v) is 10.7. The second-order valence-corrected chi connectivity index (χ2v) is 4.52. The van der Waals surface area contributed by atoms with Gasteiger partial charge in [0.05, 0.1) is 33.9 Å². The van der Waals surface area contributed by atoms with Crippen LogP contribution in [0.25, 0.3) is 10.9 Å². The minimum absolute atomic E-state index is 0.379. The molecule has 0 atom stereocenters. The molecule has 1 amide bonds. The lowest BCUT2D eigenvalue weighted by atomic mass is 10.1. The molecule has 0 saturated carbocycles. The number of carbonyl (C=O) groups is 1. The summed E-state index contributed by atoms with van der Waals surface area (Å²) in [5, 5.41) is 1.10. The van der Waals surface area contributed by atoms with Gasteiger partial charge in [0.1, 0.15) is 0 Å². The topological polar surface area (TPSA) is 48.0 Å². The number of hydrogen-bond donors (Lipinski definition) is 1. The number of nitrogens with two attached hydrogens (primary N) is 1. The molecule has 2 rings (SSSR count). The highest BCUT2D eigenvalue weighted by atomic mass is 127. The van der Waals surface area contributed by atoms with Crippen molar-refractivity contribution in [3.63, 3.8) is 0 Å². The highest BCUT2D eigenvalue weighted by Gasteiger charge is 2.14. The second-order valence-electron chi connectivity index (χ2n) is 3.56. The molecule has 0 saturated heterocycles. The van der Waals surface area contributed by atoms with Gasteiger partial charge in [0, 0.05) is 11.1 Å². The zero-order valence-electron chi connectivity index (χ0n) is 8.54. The average molecular weight is 314 g/mol. The fourth-order valence-electron chi connectivity index (χ4n) is 1.77. The molecular weight excluding hydrogens is 303 g/mol. The third-order valence-corrected chi connectivity index (χ3v) is 3.95. The van der Waals surface area contributed by atoms with Crippen molar-refractivity contribution < 1.29 is 4.79 Å². The molecule has 2 aromatic rings. The molecule has 0 bridgehead atoms. The Labute approximate surface area is 102 Å². The van der Waals surface area contributed by atoms with E-state index in [-0.39, 0.29) is 5.91 Å². The van der Waals surface area contributed by atoms with Crippen LogP contribution in [-0.4, -0.2) is 8.69 Å². The quantitative estimate of drug-likeness (QED) is 0.808. The van der Waals surface area contributed by atoms with Crippen LogP contribution in [0, 0.1) is 13.8 Å². The van der Waals surface area contributed by atoms with Gasteiger partial charge in [-0.1, -0.05) is 12.1 Å². The van der Waals surface area contributed by atoms with Gasteiger partial charge >= 0.3 is 0 Å². The Kier molecular flexibility index (Phi) is 2.46. The molecular formula is C11H11IN2O. The molecule has 1 aromatic carbocycles.